The second-order valence-corrected chi connectivity index (χ2v) is 10.2. The van der Waals surface area contributed by atoms with Crippen LogP contribution in [0.2, 0.25) is 0 Å². The summed E-state index contributed by atoms with van der Waals surface area (Å²) in [5.74, 6) is 1.90. The molecule has 3 aliphatic rings. The topological polar surface area (TPSA) is 114 Å². The number of rotatable bonds is 6. The Labute approximate surface area is 202 Å². The van der Waals surface area contributed by atoms with Crippen molar-refractivity contribution in [3.8, 4) is 5.75 Å². The zero-order chi connectivity index (χ0) is 24.0. The number of phenolic OH excluding ortho intramolecular Hbond substituents is 1. The first-order chi connectivity index (χ1) is 15.8. The predicted octanol–water partition coefficient (Wildman–Crippen LogP) is 4.05. The van der Waals surface area contributed by atoms with Gasteiger partial charge >= 0.3 is 6.09 Å². The fourth-order valence-electron chi connectivity index (χ4n) is 6.33. The first-order valence-corrected chi connectivity index (χ1v) is 12.7. The molecule has 2 fully saturated rings. The number of carbonyl (C=O) groups is 2. The van der Waals surface area contributed by atoms with E-state index in [2.05, 4.69) is 48.5 Å². The highest BCUT2D eigenvalue weighted by Gasteiger charge is 2.56. The van der Waals surface area contributed by atoms with E-state index in [-0.39, 0.29) is 24.2 Å². The van der Waals surface area contributed by atoms with Gasteiger partial charge in [0.15, 0.2) is 0 Å². The number of nitrogens with one attached hydrogen (secondary N) is 2. The minimum Gasteiger partial charge on any atom is -0.508 e. The normalized spacial score (nSPS) is 29.5. The van der Waals surface area contributed by atoms with Gasteiger partial charge in [-0.3, -0.25) is 9.52 Å². The summed E-state index contributed by atoms with van der Waals surface area (Å²) in [5, 5.41) is 12.7. The Morgan fingerprint density at radius 2 is 2.06 bits per heavy atom. The number of phenols is 1. The van der Waals surface area contributed by atoms with Crippen LogP contribution in [0.15, 0.2) is 18.2 Å². The van der Waals surface area contributed by atoms with Gasteiger partial charge in [-0.15, -0.1) is 0 Å². The molecule has 0 saturated heterocycles. The molecule has 1 aromatic carbocycles. The van der Waals surface area contributed by atoms with Crippen molar-refractivity contribution in [2.24, 2.45) is 23.0 Å². The van der Waals surface area contributed by atoms with E-state index < -0.39 is 5.91 Å². The number of hydrogen-bond donors (Lipinski definition) is 5. The van der Waals surface area contributed by atoms with Crippen LogP contribution in [0.1, 0.15) is 75.8 Å². The third-order valence-corrected chi connectivity index (χ3v) is 8.08. The molecule has 5 atom stereocenters. The molecule has 33 heavy (non-hydrogen) atoms. The number of benzene rings is 1. The van der Waals surface area contributed by atoms with Crippen LogP contribution in [-0.4, -0.2) is 36.3 Å². The number of thiol groups is 1. The van der Waals surface area contributed by atoms with E-state index in [0.717, 1.165) is 44.9 Å². The number of amides is 2. The molecular weight excluding hydrogens is 438 g/mol. The Kier molecular flexibility index (Phi) is 8.93. The minimum absolute atomic E-state index is 0.0475. The van der Waals surface area contributed by atoms with Crippen molar-refractivity contribution in [2.45, 2.75) is 77.2 Å². The highest BCUT2D eigenvalue weighted by molar-refractivity contribution is 7.78. The van der Waals surface area contributed by atoms with Gasteiger partial charge in [-0.2, -0.15) is 0 Å². The SMILES string of the molecule is CCCCNC(=O)OC1CCC2C3CCc4cc(O)ccc4C3CCC12C.NC(=O)CNS. The second kappa shape index (κ2) is 11.5. The zero-order valence-electron chi connectivity index (χ0n) is 19.8. The summed E-state index contributed by atoms with van der Waals surface area (Å²) < 4.78 is 8.20. The molecule has 0 heterocycles. The number of hydrogen-bond acceptors (Lipinski definition) is 6. The van der Waals surface area contributed by atoms with Crippen LogP contribution in [0.4, 0.5) is 4.79 Å². The van der Waals surface area contributed by atoms with Crippen molar-refractivity contribution in [1.82, 2.24) is 10.0 Å². The average molecular weight is 478 g/mol. The molecule has 2 saturated carbocycles. The Balaban J connectivity index is 0.000000454. The summed E-state index contributed by atoms with van der Waals surface area (Å²) in [7, 11) is 0. The van der Waals surface area contributed by atoms with E-state index in [1.165, 1.54) is 17.5 Å². The number of unbranched alkanes of at least 4 members (excludes halogenated alkanes) is 1. The maximum atomic E-state index is 12.2. The molecule has 1 aromatic rings. The molecule has 8 heteroatoms. The third-order valence-electron chi connectivity index (χ3n) is 7.93. The fraction of sp³-hybridized carbons (Fsp3) is 0.680. The fourth-order valence-corrected chi connectivity index (χ4v) is 6.49. The van der Waals surface area contributed by atoms with Gasteiger partial charge < -0.3 is 20.9 Å². The van der Waals surface area contributed by atoms with Gasteiger partial charge in [0.2, 0.25) is 5.91 Å². The summed E-state index contributed by atoms with van der Waals surface area (Å²) >= 11 is 3.51. The molecule has 2 amide bonds. The lowest BCUT2D eigenvalue weighted by Crippen LogP contribution is -2.46. The summed E-state index contributed by atoms with van der Waals surface area (Å²) in [6.45, 7) is 5.31. The third kappa shape index (κ3) is 5.96. The van der Waals surface area contributed by atoms with Crippen LogP contribution in [0.25, 0.3) is 0 Å². The Morgan fingerprint density at radius 3 is 2.73 bits per heavy atom. The molecule has 184 valence electrons. The zero-order valence-corrected chi connectivity index (χ0v) is 20.7. The standard InChI is InChI=1S/C23H33NO3.C2H6N2OS/c1-3-4-13-24-22(26)27-21-10-9-20-19-7-5-15-14-16(25)6-8-17(15)18(19)11-12-23(20,21)2;3-2(5)1-4-6/h6,8,14,18-21,25H,3-5,7,9-13H2,1-2H3,(H,24,26);4,6H,1H2,(H2,3,5). The number of primary amides is 1. The molecule has 0 radical (unpaired) electrons. The highest BCUT2D eigenvalue weighted by atomic mass is 32.1. The Morgan fingerprint density at radius 1 is 1.27 bits per heavy atom. The van der Waals surface area contributed by atoms with Gasteiger partial charge in [0.1, 0.15) is 11.9 Å². The van der Waals surface area contributed by atoms with Gasteiger partial charge in [-0.1, -0.05) is 39.1 Å². The largest absolute Gasteiger partial charge is 0.508 e. The van der Waals surface area contributed by atoms with Gasteiger partial charge in [0, 0.05) is 12.0 Å². The molecule has 0 aliphatic heterocycles. The highest BCUT2D eigenvalue weighted by Crippen LogP contribution is 2.61. The lowest BCUT2D eigenvalue weighted by atomic mass is 9.55. The van der Waals surface area contributed by atoms with Crippen LogP contribution in [-0.2, 0) is 16.0 Å². The smallest absolute Gasteiger partial charge is 0.407 e. The van der Waals surface area contributed by atoms with Crippen molar-refractivity contribution in [1.29, 1.82) is 0 Å². The van der Waals surface area contributed by atoms with Crippen molar-refractivity contribution in [3.05, 3.63) is 29.3 Å². The summed E-state index contributed by atoms with van der Waals surface area (Å²) in [6.07, 6.45) is 8.57. The number of nitrogens with two attached hydrogens (primary N) is 1. The molecule has 0 aromatic heterocycles. The summed E-state index contributed by atoms with van der Waals surface area (Å²) in [6, 6.07) is 5.95. The number of aromatic hydroxyl groups is 1. The van der Waals surface area contributed by atoms with Gasteiger partial charge in [0.05, 0.1) is 6.54 Å². The molecule has 7 nitrogen and oxygen atoms in total. The van der Waals surface area contributed by atoms with E-state index in [1.807, 2.05) is 12.1 Å². The van der Waals surface area contributed by atoms with Crippen LogP contribution in [0, 0.1) is 17.3 Å². The van der Waals surface area contributed by atoms with Crippen LogP contribution >= 0.6 is 12.8 Å². The van der Waals surface area contributed by atoms with Gasteiger partial charge in [-0.05, 0) is 86.0 Å². The van der Waals surface area contributed by atoms with Crippen LogP contribution in [0.5, 0.6) is 5.75 Å². The first kappa shape index (κ1) is 25.7. The number of alkyl carbamates (subject to hydrolysis) is 1. The molecule has 5 unspecified atom stereocenters. The average Bonchev–Trinajstić information content (AvgIpc) is 3.10. The first-order valence-electron chi connectivity index (χ1n) is 12.2. The summed E-state index contributed by atoms with van der Waals surface area (Å²) in [4.78, 5) is 21.9. The number of fused-ring (bicyclic) bond motifs is 5. The molecule has 0 spiro atoms. The summed E-state index contributed by atoms with van der Waals surface area (Å²) in [5.41, 5.74) is 7.55. The lowest BCUT2D eigenvalue weighted by molar-refractivity contribution is -0.116. The van der Waals surface area contributed by atoms with Crippen LogP contribution in [0.3, 0.4) is 0 Å². The number of aryl methyl sites for hydroxylation is 1. The van der Waals surface area contributed by atoms with Gasteiger partial charge in [0.25, 0.3) is 0 Å². The Bertz CT molecular complexity index is 836. The van der Waals surface area contributed by atoms with E-state index in [1.54, 1.807) is 0 Å². The van der Waals surface area contributed by atoms with Crippen molar-refractivity contribution >= 4 is 24.8 Å². The molecule has 3 aliphatic carbocycles. The molecule has 0 bridgehead atoms. The molecule has 4 rings (SSSR count). The molecule has 5 N–H and O–H groups in total. The maximum Gasteiger partial charge on any atom is 0.407 e. The van der Waals surface area contributed by atoms with Crippen molar-refractivity contribution in [3.63, 3.8) is 0 Å². The minimum atomic E-state index is -0.398. The Hall–Kier alpha value is -1.93. The van der Waals surface area contributed by atoms with Gasteiger partial charge in [-0.25, -0.2) is 4.79 Å². The predicted molar refractivity (Wildman–Crippen MR) is 132 cm³/mol. The maximum absolute atomic E-state index is 12.2. The monoisotopic (exact) mass is 477 g/mol. The van der Waals surface area contributed by atoms with Crippen LogP contribution < -0.4 is 15.8 Å². The molecular formula is C25H39N3O4S. The van der Waals surface area contributed by atoms with Crippen molar-refractivity contribution in [2.75, 3.05) is 13.1 Å². The van der Waals surface area contributed by atoms with E-state index in [0.29, 0.717) is 30.0 Å². The number of ether oxygens (including phenoxy) is 1. The van der Waals surface area contributed by atoms with Crippen molar-refractivity contribution < 1.29 is 19.4 Å². The van der Waals surface area contributed by atoms with E-state index in [4.69, 9.17) is 4.74 Å². The quantitative estimate of drug-likeness (QED) is 0.313. The van der Waals surface area contributed by atoms with E-state index >= 15 is 0 Å². The number of carbonyl (C=O) groups excluding carboxylic acids is 2. The second-order valence-electron chi connectivity index (χ2n) is 9.90. The lowest BCUT2D eigenvalue weighted by Gasteiger charge is -2.50. The van der Waals surface area contributed by atoms with E-state index in [9.17, 15) is 14.7 Å².